The van der Waals surface area contributed by atoms with Gasteiger partial charge in [0, 0.05) is 4.90 Å². The summed E-state index contributed by atoms with van der Waals surface area (Å²) in [7, 11) is -3.92. The molecule has 34 heavy (non-hydrogen) atoms. The highest BCUT2D eigenvalue weighted by atomic mass is 32.2. The van der Waals surface area contributed by atoms with Crippen LogP contribution in [0.1, 0.15) is 26.3 Å². The number of nitrogens with one attached hydrogen (secondary N) is 1. The second-order valence-corrected chi connectivity index (χ2v) is 11.8. The van der Waals surface area contributed by atoms with Crippen LogP contribution in [0, 0.1) is 0 Å². The molecule has 3 aromatic rings. The van der Waals surface area contributed by atoms with Crippen molar-refractivity contribution in [2.75, 3.05) is 22.4 Å². The minimum absolute atomic E-state index is 0.134. The molecule has 1 amide bonds. The number of amides is 1. The van der Waals surface area contributed by atoms with E-state index in [1.54, 1.807) is 36.4 Å². The molecular weight excluding hydrogens is 468 g/mol. The molecule has 1 N–H and O–H groups in total. The molecule has 0 bridgehead atoms. The Balaban J connectivity index is 1.74. The quantitative estimate of drug-likeness (QED) is 0.485. The lowest BCUT2D eigenvalue weighted by molar-refractivity contribution is -0.122. The van der Waals surface area contributed by atoms with E-state index in [9.17, 15) is 13.2 Å². The molecule has 1 aliphatic rings. The summed E-state index contributed by atoms with van der Waals surface area (Å²) < 4.78 is 34.7. The topological polar surface area (TPSA) is 75.7 Å². The standard InChI is InChI=1S/C26H28N2O4S2/c1-26(2,3)18-14-15-22-21(16-18)28(34(30,31)19-10-6-5-7-11-19)17-23(32-22)25(29)27-20-12-8-9-13-24(20)33-4/h5-16,23H,17H2,1-4H3,(H,27,29). The zero-order valence-corrected chi connectivity index (χ0v) is 21.2. The fourth-order valence-electron chi connectivity index (χ4n) is 3.76. The van der Waals surface area contributed by atoms with Crippen LogP contribution in [0.4, 0.5) is 11.4 Å². The molecule has 0 saturated carbocycles. The Morgan fingerprint density at radius 1 is 1.03 bits per heavy atom. The second kappa shape index (κ2) is 9.35. The minimum atomic E-state index is -3.92. The van der Waals surface area contributed by atoms with Crippen molar-refractivity contribution in [3.8, 4) is 5.75 Å². The van der Waals surface area contributed by atoms with Crippen LogP contribution < -0.4 is 14.4 Å². The highest BCUT2D eigenvalue weighted by Crippen LogP contribution is 2.40. The Morgan fingerprint density at radius 2 is 1.71 bits per heavy atom. The molecular formula is C26H28N2O4S2. The van der Waals surface area contributed by atoms with E-state index in [-0.39, 0.29) is 16.9 Å². The van der Waals surface area contributed by atoms with Crippen molar-refractivity contribution in [2.45, 2.75) is 42.1 Å². The maximum atomic E-state index is 13.7. The number of carbonyl (C=O) groups excluding carboxylic acids is 1. The highest BCUT2D eigenvalue weighted by molar-refractivity contribution is 7.98. The Morgan fingerprint density at radius 3 is 2.38 bits per heavy atom. The lowest BCUT2D eigenvalue weighted by Gasteiger charge is -2.36. The number of fused-ring (bicyclic) bond motifs is 1. The van der Waals surface area contributed by atoms with Gasteiger partial charge in [0.25, 0.3) is 15.9 Å². The van der Waals surface area contributed by atoms with Crippen LogP contribution in [-0.4, -0.2) is 33.2 Å². The largest absolute Gasteiger partial charge is 0.476 e. The lowest BCUT2D eigenvalue weighted by Crippen LogP contribution is -2.49. The first-order chi connectivity index (χ1) is 16.1. The van der Waals surface area contributed by atoms with Gasteiger partial charge in [-0.3, -0.25) is 9.10 Å². The smallest absolute Gasteiger partial charge is 0.267 e. The van der Waals surface area contributed by atoms with Gasteiger partial charge in [-0.15, -0.1) is 11.8 Å². The molecule has 1 aliphatic heterocycles. The third-order valence-electron chi connectivity index (χ3n) is 5.68. The molecule has 0 fully saturated rings. The zero-order valence-electron chi connectivity index (χ0n) is 19.6. The van der Waals surface area contributed by atoms with Gasteiger partial charge in [0.15, 0.2) is 6.10 Å². The SMILES string of the molecule is CSc1ccccc1NC(=O)C1CN(S(=O)(=O)c2ccccc2)c2cc(C(C)(C)C)ccc2O1. The summed E-state index contributed by atoms with van der Waals surface area (Å²) in [5.74, 6) is -0.0441. The summed E-state index contributed by atoms with van der Waals surface area (Å²) in [5, 5.41) is 2.90. The van der Waals surface area contributed by atoms with Gasteiger partial charge < -0.3 is 10.1 Å². The summed E-state index contributed by atoms with van der Waals surface area (Å²) in [4.78, 5) is 14.3. The van der Waals surface area contributed by atoms with Gasteiger partial charge in [0.05, 0.1) is 22.8 Å². The van der Waals surface area contributed by atoms with Gasteiger partial charge in [-0.25, -0.2) is 8.42 Å². The fourth-order valence-corrected chi connectivity index (χ4v) is 5.81. The molecule has 0 saturated heterocycles. The molecule has 0 aromatic heterocycles. The van der Waals surface area contributed by atoms with Gasteiger partial charge >= 0.3 is 0 Å². The Kier molecular flexibility index (Phi) is 6.64. The van der Waals surface area contributed by atoms with Crippen molar-refractivity contribution in [1.29, 1.82) is 0 Å². The molecule has 3 aromatic carbocycles. The molecule has 0 aliphatic carbocycles. The molecule has 4 rings (SSSR count). The van der Waals surface area contributed by atoms with Crippen LogP contribution in [0.25, 0.3) is 0 Å². The average Bonchev–Trinajstić information content (AvgIpc) is 2.83. The number of nitrogens with zero attached hydrogens (tertiary/aromatic N) is 1. The van der Waals surface area contributed by atoms with Crippen molar-refractivity contribution in [3.63, 3.8) is 0 Å². The van der Waals surface area contributed by atoms with E-state index in [0.29, 0.717) is 17.1 Å². The lowest BCUT2D eigenvalue weighted by atomic mass is 9.86. The Bertz CT molecular complexity index is 1300. The van der Waals surface area contributed by atoms with E-state index < -0.39 is 22.0 Å². The minimum Gasteiger partial charge on any atom is -0.476 e. The molecule has 1 atom stereocenters. The number of rotatable bonds is 5. The monoisotopic (exact) mass is 496 g/mol. The number of carbonyl (C=O) groups is 1. The maximum Gasteiger partial charge on any atom is 0.267 e. The van der Waals surface area contributed by atoms with E-state index in [2.05, 4.69) is 26.1 Å². The van der Waals surface area contributed by atoms with Gasteiger partial charge in [0.1, 0.15) is 5.75 Å². The first kappa shape index (κ1) is 24.2. The van der Waals surface area contributed by atoms with E-state index >= 15 is 0 Å². The Labute approximate surface area is 205 Å². The van der Waals surface area contributed by atoms with Crippen molar-refractivity contribution in [2.24, 2.45) is 0 Å². The number of anilines is 2. The highest BCUT2D eigenvalue weighted by Gasteiger charge is 2.38. The van der Waals surface area contributed by atoms with Crippen LogP contribution in [-0.2, 0) is 20.2 Å². The third kappa shape index (κ3) is 4.79. The molecule has 8 heteroatoms. The number of benzene rings is 3. The van der Waals surface area contributed by atoms with Crippen LogP contribution in [0.2, 0.25) is 0 Å². The summed E-state index contributed by atoms with van der Waals surface area (Å²) in [6.45, 7) is 6.06. The van der Waals surface area contributed by atoms with Crippen LogP contribution in [0.3, 0.4) is 0 Å². The molecule has 0 spiro atoms. The van der Waals surface area contributed by atoms with E-state index in [0.717, 1.165) is 10.5 Å². The van der Waals surface area contributed by atoms with Crippen molar-refractivity contribution < 1.29 is 17.9 Å². The number of hydrogen-bond acceptors (Lipinski definition) is 5. The molecule has 1 unspecified atom stereocenters. The van der Waals surface area contributed by atoms with Crippen LogP contribution >= 0.6 is 11.8 Å². The third-order valence-corrected chi connectivity index (χ3v) is 8.27. The van der Waals surface area contributed by atoms with Gasteiger partial charge in [-0.2, -0.15) is 0 Å². The van der Waals surface area contributed by atoms with Crippen molar-refractivity contribution >= 4 is 39.1 Å². The number of hydrogen-bond donors (Lipinski definition) is 1. The van der Waals surface area contributed by atoms with Crippen molar-refractivity contribution in [3.05, 3.63) is 78.4 Å². The van der Waals surface area contributed by atoms with Crippen molar-refractivity contribution in [1.82, 2.24) is 0 Å². The summed E-state index contributed by atoms with van der Waals surface area (Å²) >= 11 is 1.52. The van der Waals surface area contributed by atoms with Gasteiger partial charge in [-0.1, -0.05) is 57.2 Å². The summed E-state index contributed by atoms with van der Waals surface area (Å²) in [5.41, 5.74) is 1.88. The fraction of sp³-hybridized carbons (Fsp3) is 0.269. The number of sulfonamides is 1. The first-order valence-corrected chi connectivity index (χ1v) is 13.6. The van der Waals surface area contributed by atoms with E-state index in [1.165, 1.54) is 16.1 Å². The predicted octanol–water partition coefficient (Wildman–Crippen LogP) is 5.30. The summed E-state index contributed by atoms with van der Waals surface area (Å²) in [6.07, 6.45) is 0.917. The van der Waals surface area contributed by atoms with E-state index in [4.69, 9.17) is 4.74 Å². The normalized spacial score (nSPS) is 15.9. The summed E-state index contributed by atoms with van der Waals surface area (Å²) in [6, 6.07) is 21.2. The molecule has 0 radical (unpaired) electrons. The van der Waals surface area contributed by atoms with E-state index in [1.807, 2.05) is 42.7 Å². The number of thioether (sulfide) groups is 1. The zero-order chi connectivity index (χ0) is 24.5. The molecule has 1 heterocycles. The second-order valence-electron chi connectivity index (χ2n) is 9.08. The average molecular weight is 497 g/mol. The molecule has 178 valence electrons. The molecule has 6 nitrogen and oxygen atoms in total. The predicted molar refractivity (Wildman–Crippen MR) is 137 cm³/mol. The first-order valence-electron chi connectivity index (χ1n) is 10.9. The van der Waals surface area contributed by atoms with Gasteiger partial charge in [-0.05, 0) is 53.6 Å². The van der Waals surface area contributed by atoms with Gasteiger partial charge in [0.2, 0.25) is 0 Å². The number of ether oxygens (including phenoxy) is 1. The Hall–Kier alpha value is -2.97. The number of para-hydroxylation sites is 1. The van der Waals surface area contributed by atoms with Crippen LogP contribution in [0.5, 0.6) is 5.75 Å². The maximum absolute atomic E-state index is 13.7. The van der Waals surface area contributed by atoms with Crippen LogP contribution in [0.15, 0.2) is 82.6 Å².